The number of benzene rings is 2. The third kappa shape index (κ3) is 6.57. The Labute approximate surface area is 177 Å². The van der Waals surface area contributed by atoms with Crippen molar-refractivity contribution in [3.8, 4) is 0 Å². The first-order chi connectivity index (χ1) is 13.8. The van der Waals surface area contributed by atoms with Crippen molar-refractivity contribution in [1.82, 2.24) is 10.2 Å². The van der Waals surface area contributed by atoms with Gasteiger partial charge >= 0.3 is 0 Å². The van der Waals surface area contributed by atoms with Crippen molar-refractivity contribution in [1.29, 1.82) is 0 Å². The zero-order chi connectivity index (χ0) is 21.4. The number of hydrogen-bond acceptors (Lipinski definition) is 2. The Morgan fingerprint density at radius 1 is 1.07 bits per heavy atom. The lowest BCUT2D eigenvalue weighted by molar-refractivity contribution is -0.141. The first-order valence-electron chi connectivity index (χ1n) is 9.93. The molecule has 0 aliphatic carbocycles. The number of halogens is 2. The van der Waals surface area contributed by atoms with Crippen molar-refractivity contribution < 1.29 is 14.0 Å². The molecule has 0 fully saturated rings. The molecule has 2 unspecified atom stereocenters. The lowest BCUT2D eigenvalue weighted by Crippen LogP contribution is -2.51. The molecule has 0 aromatic heterocycles. The quantitative estimate of drug-likeness (QED) is 0.639. The Bertz CT molecular complexity index is 826. The highest BCUT2D eigenvalue weighted by Gasteiger charge is 2.29. The van der Waals surface area contributed by atoms with Crippen molar-refractivity contribution in [3.63, 3.8) is 0 Å². The molecule has 0 saturated heterocycles. The Kier molecular flexibility index (Phi) is 8.65. The summed E-state index contributed by atoms with van der Waals surface area (Å²) < 4.78 is 14.1. The largest absolute Gasteiger partial charge is 0.352 e. The average molecular weight is 419 g/mol. The highest BCUT2D eigenvalue weighted by molar-refractivity contribution is 6.30. The number of hydrogen-bond donors (Lipinski definition) is 1. The van der Waals surface area contributed by atoms with Crippen LogP contribution in [0.2, 0.25) is 5.02 Å². The van der Waals surface area contributed by atoms with Crippen LogP contribution in [0, 0.1) is 5.82 Å². The zero-order valence-corrected chi connectivity index (χ0v) is 17.9. The molecule has 2 aromatic carbocycles. The Balaban J connectivity index is 2.29. The Morgan fingerprint density at radius 3 is 2.31 bits per heavy atom. The van der Waals surface area contributed by atoms with E-state index in [-0.39, 0.29) is 30.8 Å². The highest BCUT2D eigenvalue weighted by Crippen LogP contribution is 2.18. The molecule has 0 aliphatic heterocycles. The van der Waals surface area contributed by atoms with Crippen LogP contribution < -0.4 is 5.32 Å². The normalized spacial score (nSPS) is 12.9. The fraction of sp³-hybridized carbons (Fsp3) is 0.391. The second kappa shape index (κ2) is 11.0. The second-order valence-corrected chi connectivity index (χ2v) is 7.59. The fourth-order valence-corrected chi connectivity index (χ4v) is 3.18. The van der Waals surface area contributed by atoms with Gasteiger partial charge in [-0.1, -0.05) is 55.8 Å². The van der Waals surface area contributed by atoms with Crippen LogP contribution in [0.1, 0.15) is 44.7 Å². The zero-order valence-electron chi connectivity index (χ0n) is 17.1. The van der Waals surface area contributed by atoms with Gasteiger partial charge in [0.2, 0.25) is 11.8 Å². The Morgan fingerprint density at radius 2 is 1.72 bits per heavy atom. The highest BCUT2D eigenvalue weighted by atomic mass is 35.5. The molecule has 0 saturated carbocycles. The fourth-order valence-electron chi connectivity index (χ4n) is 3.05. The van der Waals surface area contributed by atoms with E-state index in [1.807, 2.05) is 32.9 Å². The average Bonchev–Trinajstić information content (AvgIpc) is 2.70. The van der Waals surface area contributed by atoms with Crippen LogP contribution in [0.15, 0.2) is 48.5 Å². The van der Waals surface area contributed by atoms with Crippen LogP contribution in [0.4, 0.5) is 4.39 Å². The summed E-state index contributed by atoms with van der Waals surface area (Å²) in [6, 6.07) is 12.7. The smallest absolute Gasteiger partial charge is 0.243 e. The summed E-state index contributed by atoms with van der Waals surface area (Å²) >= 11 is 5.96. The molecule has 2 atom stereocenters. The number of carbonyl (C=O) groups is 2. The monoisotopic (exact) mass is 418 g/mol. The van der Waals surface area contributed by atoms with Crippen LogP contribution in [-0.4, -0.2) is 28.8 Å². The molecule has 0 spiro atoms. The maximum absolute atomic E-state index is 14.1. The van der Waals surface area contributed by atoms with Gasteiger partial charge in [-0.25, -0.2) is 4.39 Å². The molecule has 2 rings (SSSR count). The van der Waals surface area contributed by atoms with Crippen molar-refractivity contribution >= 4 is 23.4 Å². The predicted molar refractivity (Wildman–Crippen MR) is 114 cm³/mol. The summed E-state index contributed by atoms with van der Waals surface area (Å²) in [5, 5.41) is 3.55. The molecule has 4 nitrogen and oxygen atoms in total. The topological polar surface area (TPSA) is 49.4 Å². The van der Waals surface area contributed by atoms with Crippen LogP contribution >= 0.6 is 11.6 Å². The number of nitrogens with one attached hydrogen (secondary N) is 1. The Hall–Kier alpha value is -2.40. The summed E-state index contributed by atoms with van der Waals surface area (Å²) in [7, 11) is 0. The maximum Gasteiger partial charge on any atom is 0.243 e. The van der Waals surface area contributed by atoms with Gasteiger partial charge in [0.1, 0.15) is 11.9 Å². The predicted octanol–water partition coefficient (Wildman–Crippen LogP) is 4.74. The van der Waals surface area contributed by atoms with Gasteiger partial charge in [-0.3, -0.25) is 9.59 Å². The lowest BCUT2D eigenvalue weighted by atomic mass is 10.1. The third-order valence-corrected chi connectivity index (χ3v) is 5.20. The first-order valence-corrected chi connectivity index (χ1v) is 10.3. The maximum atomic E-state index is 14.1. The molecule has 0 bridgehead atoms. The molecular formula is C23H28ClFN2O2. The minimum absolute atomic E-state index is 0.00982. The minimum Gasteiger partial charge on any atom is -0.352 e. The van der Waals surface area contributed by atoms with Gasteiger partial charge < -0.3 is 10.2 Å². The molecular weight excluding hydrogens is 391 g/mol. The van der Waals surface area contributed by atoms with E-state index in [9.17, 15) is 14.0 Å². The third-order valence-electron chi connectivity index (χ3n) is 4.95. The van der Waals surface area contributed by atoms with Crippen molar-refractivity contribution in [2.75, 3.05) is 0 Å². The standard InChI is InChI=1S/C23H28ClFN2O2/c1-4-16(3)26-23(29)21(5-2)27(15-17-10-12-19(24)13-11-17)22(28)14-18-8-6-7-9-20(18)25/h6-13,16,21H,4-5,14-15H2,1-3H3,(H,26,29). The summed E-state index contributed by atoms with van der Waals surface area (Å²) in [5.74, 6) is -0.918. The van der Waals surface area contributed by atoms with E-state index >= 15 is 0 Å². The number of amides is 2. The molecule has 1 N–H and O–H groups in total. The molecule has 2 amide bonds. The van der Waals surface area contributed by atoms with E-state index in [1.165, 1.54) is 11.0 Å². The van der Waals surface area contributed by atoms with Gasteiger partial charge in [0, 0.05) is 17.6 Å². The van der Waals surface area contributed by atoms with E-state index in [1.54, 1.807) is 30.3 Å². The molecule has 29 heavy (non-hydrogen) atoms. The molecule has 0 aliphatic rings. The number of rotatable bonds is 9. The SMILES string of the molecule is CCC(C)NC(=O)C(CC)N(Cc1ccc(Cl)cc1)C(=O)Cc1ccccc1F. The molecule has 2 aromatic rings. The lowest BCUT2D eigenvalue weighted by Gasteiger charge is -2.31. The molecule has 0 heterocycles. The van der Waals surface area contributed by atoms with Gasteiger partial charge in [-0.2, -0.15) is 0 Å². The van der Waals surface area contributed by atoms with Crippen LogP contribution in [0.25, 0.3) is 0 Å². The van der Waals surface area contributed by atoms with E-state index in [2.05, 4.69) is 5.32 Å². The van der Waals surface area contributed by atoms with Crippen molar-refractivity contribution in [2.45, 2.75) is 58.7 Å². The van der Waals surface area contributed by atoms with Crippen molar-refractivity contribution in [2.24, 2.45) is 0 Å². The summed E-state index contributed by atoms with van der Waals surface area (Å²) in [4.78, 5) is 27.5. The van der Waals surface area contributed by atoms with Gasteiger partial charge in [-0.15, -0.1) is 0 Å². The second-order valence-electron chi connectivity index (χ2n) is 7.16. The molecule has 0 radical (unpaired) electrons. The summed E-state index contributed by atoms with van der Waals surface area (Å²) in [6.07, 6.45) is 1.15. The van der Waals surface area contributed by atoms with E-state index in [4.69, 9.17) is 11.6 Å². The van der Waals surface area contributed by atoms with Crippen LogP contribution in [-0.2, 0) is 22.6 Å². The van der Waals surface area contributed by atoms with Gasteiger partial charge in [-0.05, 0) is 49.1 Å². The van der Waals surface area contributed by atoms with Crippen LogP contribution in [0.5, 0.6) is 0 Å². The van der Waals surface area contributed by atoms with E-state index in [0.717, 1.165) is 12.0 Å². The molecule has 156 valence electrons. The van der Waals surface area contributed by atoms with Gasteiger partial charge in [0.25, 0.3) is 0 Å². The van der Waals surface area contributed by atoms with Crippen molar-refractivity contribution in [3.05, 3.63) is 70.5 Å². The van der Waals surface area contributed by atoms with Crippen LogP contribution in [0.3, 0.4) is 0 Å². The summed E-state index contributed by atoms with van der Waals surface area (Å²) in [5.41, 5.74) is 1.17. The van der Waals surface area contributed by atoms with Gasteiger partial charge in [0.15, 0.2) is 0 Å². The van der Waals surface area contributed by atoms with E-state index in [0.29, 0.717) is 17.0 Å². The number of carbonyl (C=O) groups excluding carboxylic acids is 2. The van der Waals surface area contributed by atoms with Gasteiger partial charge in [0.05, 0.1) is 6.42 Å². The van der Waals surface area contributed by atoms with E-state index < -0.39 is 11.9 Å². The first kappa shape index (κ1) is 22.9. The molecule has 6 heteroatoms. The summed E-state index contributed by atoms with van der Waals surface area (Å²) in [6.45, 7) is 6.03. The minimum atomic E-state index is -0.640. The number of nitrogens with zero attached hydrogens (tertiary/aromatic N) is 1.